The van der Waals surface area contributed by atoms with E-state index in [0.717, 1.165) is 24.2 Å². The quantitative estimate of drug-likeness (QED) is 0.876. The van der Waals surface area contributed by atoms with Crippen LogP contribution in [0.25, 0.3) is 5.52 Å². The third-order valence-electron chi connectivity index (χ3n) is 5.26. The predicted molar refractivity (Wildman–Crippen MR) is 100 cm³/mol. The molecule has 1 aliphatic heterocycles. The molecule has 140 valence electrons. The van der Waals surface area contributed by atoms with Gasteiger partial charge >= 0.3 is 0 Å². The minimum atomic E-state index is -0.102. The van der Waals surface area contributed by atoms with Gasteiger partial charge in [0.05, 0.1) is 30.1 Å². The molecule has 1 saturated heterocycles. The molecular formula is C19H27N5O2. The van der Waals surface area contributed by atoms with Gasteiger partial charge in [-0.15, -0.1) is 0 Å². The van der Waals surface area contributed by atoms with Crippen molar-refractivity contribution in [2.45, 2.75) is 39.3 Å². The van der Waals surface area contributed by atoms with Crippen molar-refractivity contribution >= 4 is 17.3 Å². The van der Waals surface area contributed by atoms with Crippen LogP contribution < -0.4 is 5.32 Å². The Morgan fingerprint density at radius 2 is 2.15 bits per heavy atom. The Balaban J connectivity index is 1.66. The molecule has 2 amide bonds. The van der Waals surface area contributed by atoms with E-state index >= 15 is 0 Å². The van der Waals surface area contributed by atoms with Crippen molar-refractivity contribution in [2.75, 3.05) is 26.7 Å². The number of rotatable bonds is 5. The summed E-state index contributed by atoms with van der Waals surface area (Å²) in [6.45, 7) is 7.80. The molecule has 0 radical (unpaired) electrons. The molecule has 2 unspecified atom stereocenters. The van der Waals surface area contributed by atoms with Gasteiger partial charge in [0.1, 0.15) is 0 Å². The lowest BCUT2D eigenvalue weighted by atomic mass is 10.1. The first-order valence-electron chi connectivity index (χ1n) is 9.11. The zero-order valence-corrected chi connectivity index (χ0v) is 15.9. The predicted octanol–water partition coefficient (Wildman–Crippen LogP) is 1.31. The number of carbonyl (C=O) groups is 2. The van der Waals surface area contributed by atoms with E-state index in [2.05, 4.69) is 10.3 Å². The Bertz CT molecular complexity index is 815. The highest BCUT2D eigenvalue weighted by Gasteiger charge is 2.33. The number of carbonyl (C=O) groups excluding carboxylic acids is 2. The molecule has 7 heteroatoms. The second kappa shape index (κ2) is 7.45. The van der Waals surface area contributed by atoms with Gasteiger partial charge in [-0.3, -0.25) is 14.5 Å². The Morgan fingerprint density at radius 1 is 1.38 bits per heavy atom. The number of fused-ring (bicyclic) bond motifs is 1. The number of likely N-dealkylation sites (tertiary alicyclic amines) is 1. The summed E-state index contributed by atoms with van der Waals surface area (Å²) in [6.07, 6.45) is 4.26. The number of nitrogens with one attached hydrogen (secondary N) is 1. The van der Waals surface area contributed by atoms with E-state index in [-0.39, 0.29) is 23.9 Å². The summed E-state index contributed by atoms with van der Waals surface area (Å²) in [6, 6.07) is 3.84. The Morgan fingerprint density at radius 3 is 2.88 bits per heavy atom. The summed E-state index contributed by atoms with van der Waals surface area (Å²) < 4.78 is 1.91. The van der Waals surface area contributed by atoms with Gasteiger partial charge in [-0.2, -0.15) is 0 Å². The third kappa shape index (κ3) is 3.58. The van der Waals surface area contributed by atoms with Crippen molar-refractivity contribution in [2.24, 2.45) is 0 Å². The number of pyridine rings is 1. The Kier molecular flexibility index (Phi) is 5.27. The molecule has 0 bridgehead atoms. The highest BCUT2D eigenvalue weighted by Crippen LogP contribution is 2.19. The standard InChI is InChI=1S/C19H27N5O2/c1-5-22(4)11-18(25)23-10-15(8-13(23)2)21-19(26)17-7-6-16-9-20-12-24(16)14(17)3/h6-7,9,12-13,15H,5,8,10-11H2,1-4H3,(H,21,26). The van der Waals surface area contributed by atoms with Crippen LogP contribution in [0.4, 0.5) is 0 Å². The highest BCUT2D eigenvalue weighted by molar-refractivity contribution is 5.96. The van der Waals surface area contributed by atoms with Crippen molar-refractivity contribution in [3.63, 3.8) is 0 Å². The van der Waals surface area contributed by atoms with E-state index in [9.17, 15) is 9.59 Å². The zero-order chi connectivity index (χ0) is 18.8. The van der Waals surface area contributed by atoms with Gasteiger partial charge < -0.3 is 14.6 Å². The maximum atomic E-state index is 12.7. The average molecular weight is 357 g/mol. The van der Waals surface area contributed by atoms with E-state index in [1.807, 2.05) is 54.2 Å². The SMILES string of the molecule is CCN(C)CC(=O)N1CC(NC(=O)c2ccc3cncn3c2C)CC1C. The number of likely N-dealkylation sites (N-methyl/N-ethyl adjacent to an activating group) is 1. The van der Waals surface area contributed by atoms with Crippen molar-refractivity contribution in [3.05, 3.63) is 35.9 Å². The molecule has 2 aromatic heterocycles. The Hall–Kier alpha value is -2.41. The van der Waals surface area contributed by atoms with Crippen LogP contribution in [0, 0.1) is 6.92 Å². The van der Waals surface area contributed by atoms with Crippen LogP contribution in [0.3, 0.4) is 0 Å². The molecule has 3 heterocycles. The number of aryl methyl sites for hydroxylation is 1. The summed E-state index contributed by atoms with van der Waals surface area (Å²) >= 11 is 0. The first-order chi connectivity index (χ1) is 12.4. The van der Waals surface area contributed by atoms with Gasteiger partial charge in [-0.05, 0) is 46.0 Å². The molecule has 26 heavy (non-hydrogen) atoms. The van der Waals surface area contributed by atoms with E-state index in [1.54, 1.807) is 12.5 Å². The lowest BCUT2D eigenvalue weighted by Gasteiger charge is -2.24. The number of aromatic nitrogens is 2. The molecular weight excluding hydrogens is 330 g/mol. The van der Waals surface area contributed by atoms with Crippen molar-refractivity contribution in [1.82, 2.24) is 24.5 Å². The number of amides is 2. The fraction of sp³-hybridized carbons (Fsp3) is 0.526. The van der Waals surface area contributed by atoms with Crippen LogP contribution in [-0.2, 0) is 4.79 Å². The van der Waals surface area contributed by atoms with Crippen LogP contribution >= 0.6 is 0 Å². The number of nitrogens with zero attached hydrogens (tertiary/aromatic N) is 4. The second-order valence-electron chi connectivity index (χ2n) is 7.15. The van der Waals surface area contributed by atoms with Crippen LogP contribution in [0.2, 0.25) is 0 Å². The monoisotopic (exact) mass is 357 g/mol. The van der Waals surface area contributed by atoms with Gasteiger partial charge in [0.15, 0.2) is 0 Å². The van der Waals surface area contributed by atoms with E-state index < -0.39 is 0 Å². The number of imidazole rings is 1. The molecule has 1 fully saturated rings. The molecule has 2 aromatic rings. The minimum absolute atomic E-state index is 0.0220. The third-order valence-corrected chi connectivity index (χ3v) is 5.26. The van der Waals surface area contributed by atoms with Gasteiger partial charge in [0.2, 0.25) is 5.91 Å². The van der Waals surface area contributed by atoms with Crippen LogP contribution in [-0.4, -0.2) is 69.8 Å². The lowest BCUT2D eigenvalue weighted by molar-refractivity contribution is -0.132. The minimum Gasteiger partial charge on any atom is -0.347 e. The van der Waals surface area contributed by atoms with E-state index in [0.29, 0.717) is 18.7 Å². The highest BCUT2D eigenvalue weighted by atomic mass is 16.2. The summed E-state index contributed by atoms with van der Waals surface area (Å²) in [5, 5.41) is 3.10. The second-order valence-corrected chi connectivity index (χ2v) is 7.15. The molecule has 0 aliphatic carbocycles. The van der Waals surface area contributed by atoms with Crippen LogP contribution in [0.15, 0.2) is 24.7 Å². The first-order valence-corrected chi connectivity index (χ1v) is 9.11. The number of hydrogen-bond acceptors (Lipinski definition) is 4. The smallest absolute Gasteiger partial charge is 0.253 e. The molecule has 0 saturated carbocycles. The van der Waals surface area contributed by atoms with Crippen LogP contribution in [0.5, 0.6) is 0 Å². The zero-order valence-electron chi connectivity index (χ0n) is 15.9. The summed E-state index contributed by atoms with van der Waals surface area (Å²) in [4.78, 5) is 33.2. The van der Waals surface area contributed by atoms with Crippen LogP contribution in [0.1, 0.15) is 36.3 Å². The molecule has 1 aliphatic rings. The summed E-state index contributed by atoms with van der Waals surface area (Å²) in [5.74, 6) is 0.0184. The fourth-order valence-corrected chi connectivity index (χ4v) is 3.55. The molecule has 0 spiro atoms. The summed E-state index contributed by atoms with van der Waals surface area (Å²) in [7, 11) is 1.94. The number of hydrogen-bond donors (Lipinski definition) is 1. The molecule has 7 nitrogen and oxygen atoms in total. The first kappa shape index (κ1) is 18.4. The van der Waals surface area contributed by atoms with Crippen molar-refractivity contribution < 1.29 is 9.59 Å². The maximum Gasteiger partial charge on any atom is 0.253 e. The maximum absolute atomic E-state index is 12.7. The molecule has 3 rings (SSSR count). The van der Waals surface area contributed by atoms with Gasteiger partial charge in [0.25, 0.3) is 5.91 Å². The topological polar surface area (TPSA) is 70.0 Å². The fourth-order valence-electron chi connectivity index (χ4n) is 3.55. The van der Waals surface area contributed by atoms with Gasteiger partial charge in [0, 0.05) is 24.3 Å². The van der Waals surface area contributed by atoms with Gasteiger partial charge in [-0.25, -0.2) is 4.98 Å². The van der Waals surface area contributed by atoms with Crippen molar-refractivity contribution in [3.8, 4) is 0 Å². The van der Waals surface area contributed by atoms with Gasteiger partial charge in [-0.1, -0.05) is 6.92 Å². The molecule has 1 N–H and O–H groups in total. The normalized spacial score (nSPS) is 20.1. The van der Waals surface area contributed by atoms with E-state index in [4.69, 9.17) is 0 Å². The average Bonchev–Trinajstić information content (AvgIpc) is 3.21. The Labute approximate surface area is 154 Å². The lowest BCUT2D eigenvalue weighted by Crippen LogP contribution is -2.43. The summed E-state index contributed by atoms with van der Waals surface area (Å²) in [5.41, 5.74) is 2.46. The van der Waals surface area contributed by atoms with E-state index in [1.165, 1.54) is 0 Å². The molecule has 0 aromatic carbocycles. The van der Waals surface area contributed by atoms with Crippen molar-refractivity contribution in [1.29, 1.82) is 0 Å². The molecule has 2 atom stereocenters. The largest absolute Gasteiger partial charge is 0.347 e.